The number of rotatable bonds is 8. The van der Waals surface area contributed by atoms with E-state index in [2.05, 4.69) is 27.3 Å². The molecule has 0 spiro atoms. The Morgan fingerprint density at radius 2 is 2.12 bits per heavy atom. The minimum absolute atomic E-state index is 0.776. The van der Waals surface area contributed by atoms with Crippen molar-refractivity contribution in [3.63, 3.8) is 0 Å². The average molecular weight is 321 g/mol. The van der Waals surface area contributed by atoms with E-state index in [-0.39, 0.29) is 0 Å². The molecular formula is C13H19BrClNO. The number of ether oxygens (including phenoxy) is 1. The van der Waals surface area contributed by atoms with E-state index in [0.29, 0.717) is 0 Å². The van der Waals surface area contributed by atoms with Crippen molar-refractivity contribution in [3.05, 3.63) is 33.3 Å². The zero-order chi connectivity index (χ0) is 12.5. The summed E-state index contributed by atoms with van der Waals surface area (Å²) in [7, 11) is 1.72. The van der Waals surface area contributed by atoms with E-state index < -0.39 is 0 Å². The predicted octanol–water partition coefficient (Wildman–Crippen LogP) is 3.66. The van der Waals surface area contributed by atoms with Crippen molar-refractivity contribution < 1.29 is 4.74 Å². The molecule has 0 saturated heterocycles. The number of aryl methyl sites for hydroxylation is 1. The summed E-state index contributed by atoms with van der Waals surface area (Å²) < 4.78 is 5.99. The number of hydrogen-bond acceptors (Lipinski definition) is 2. The smallest absolute Gasteiger partial charge is 0.0587 e. The van der Waals surface area contributed by atoms with Crippen LogP contribution in [0.4, 0.5) is 0 Å². The Bertz CT molecular complexity index is 333. The first-order valence-electron chi connectivity index (χ1n) is 5.87. The van der Waals surface area contributed by atoms with E-state index in [0.717, 1.165) is 48.5 Å². The van der Waals surface area contributed by atoms with Gasteiger partial charge in [-0.15, -0.1) is 0 Å². The molecule has 0 fully saturated rings. The third-order valence-electron chi connectivity index (χ3n) is 2.55. The maximum atomic E-state index is 6.15. The Kier molecular flexibility index (Phi) is 7.86. The first kappa shape index (κ1) is 15.0. The third kappa shape index (κ3) is 6.41. The molecule has 1 rings (SSSR count). The third-order valence-corrected chi connectivity index (χ3v) is 3.39. The van der Waals surface area contributed by atoms with E-state index in [1.165, 1.54) is 5.56 Å². The summed E-state index contributed by atoms with van der Waals surface area (Å²) in [5.74, 6) is 0. The number of hydrogen-bond donors (Lipinski definition) is 1. The molecule has 0 unspecified atom stereocenters. The number of benzene rings is 1. The number of methoxy groups -OCH3 is 1. The fourth-order valence-corrected chi connectivity index (χ4v) is 2.36. The lowest BCUT2D eigenvalue weighted by Gasteiger charge is -2.06. The molecule has 0 aliphatic rings. The number of halogens is 2. The Labute approximate surface area is 117 Å². The van der Waals surface area contributed by atoms with Crippen LogP contribution in [0.2, 0.25) is 5.02 Å². The Balaban J connectivity index is 2.14. The van der Waals surface area contributed by atoms with Crippen LogP contribution in [0.1, 0.15) is 18.4 Å². The average Bonchev–Trinajstić information content (AvgIpc) is 2.30. The molecule has 1 aromatic carbocycles. The summed E-state index contributed by atoms with van der Waals surface area (Å²) in [6.45, 7) is 2.74. The molecule has 0 saturated carbocycles. The van der Waals surface area contributed by atoms with Gasteiger partial charge in [-0.25, -0.2) is 0 Å². The van der Waals surface area contributed by atoms with Crippen molar-refractivity contribution in [1.82, 2.24) is 5.32 Å². The Morgan fingerprint density at radius 3 is 2.82 bits per heavy atom. The van der Waals surface area contributed by atoms with Gasteiger partial charge in [-0.2, -0.15) is 0 Å². The molecule has 96 valence electrons. The second kappa shape index (κ2) is 8.92. The zero-order valence-corrected chi connectivity index (χ0v) is 12.5. The Morgan fingerprint density at radius 1 is 1.29 bits per heavy atom. The first-order valence-corrected chi connectivity index (χ1v) is 7.04. The van der Waals surface area contributed by atoms with Crippen molar-refractivity contribution in [2.24, 2.45) is 0 Å². The summed E-state index contributed by atoms with van der Waals surface area (Å²) in [4.78, 5) is 0. The lowest BCUT2D eigenvalue weighted by molar-refractivity contribution is 0.199. The standard InChI is InChI=1S/C13H19BrClNO/c1-17-9-8-16-7-3-2-4-11-5-6-12(14)10-13(11)15/h5-6,10,16H,2-4,7-9H2,1H3. The zero-order valence-electron chi connectivity index (χ0n) is 10.1. The van der Waals surface area contributed by atoms with Gasteiger partial charge in [0.05, 0.1) is 6.61 Å². The second-order valence-electron chi connectivity index (χ2n) is 3.94. The summed E-state index contributed by atoms with van der Waals surface area (Å²) in [5.41, 5.74) is 1.23. The fraction of sp³-hybridized carbons (Fsp3) is 0.538. The van der Waals surface area contributed by atoms with Crippen LogP contribution in [0.25, 0.3) is 0 Å². The second-order valence-corrected chi connectivity index (χ2v) is 5.26. The van der Waals surface area contributed by atoms with Crippen molar-refractivity contribution in [2.45, 2.75) is 19.3 Å². The van der Waals surface area contributed by atoms with E-state index >= 15 is 0 Å². The monoisotopic (exact) mass is 319 g/mol. The molecule has 0 amide bonds. The lowest BCUT2D eigenvalue weighted by Crippen LogP contribution is -2.20. The van der Waals surface area contributed by atoms with Crippen LogP contribution >= 0.6 is 27.5 Å². The van der Waals surface area contributed by atoms with E-state index in [1.807, 2.05) is 12.1 Å². The van der Waals surface area contributed by atoms with Gasteiger partial charge in [0.15, 0.2) is 0 Å². The fourth-order valence-electron chi connectivity index (χ4n) is 1.59. The minimum Gasteiger partial charge on any atom is -0.383 e. The lowest BCUT2D eigenvalue weighted by atomic mass is 10.1. The maximum Gasteiger partial charge on any atom is 0.0587 e. The van der Waals surface area contributed by atoms with Gasteiger partial charge in [-0.3, -0.25) is 0 Å². The summed E-state index contributed by atoms with van der Waals surface area (Å²) in [5, 5.41) is 4.18. The topological polar surface area (TPSA) is 21.3 Å². The molecule has 0 aromatic heterocycles. The van der Waals surface area contributed by atoms with Gasteiger partial charge in [0.25, 0.3) is 0 Å². The van der Waals surface area contributed by atoms with Gasteiger partial charge in [0.1, 0.15) is 0 Å². The number of nitrogens with one attached hydrogen (secondary N) is 1. The van der Waals surface area contributed by atoms with Crippen LogP contribution < -0.4 is 5.32 Å². The van der Waals surface area contributed by atoms with E-state index in [1.54, 1.807) is 7.11 Å². The van der Waals surface area contributed by atoms with Crippen molar-refractivity contribution in [2.75, 3.05) is 26.8 Å². The highest BCUT2D eigenvalue weighted by atomic mass is 79.9. The van der Waals surface area contributed by atoms with Crippen molar-refractivity contribution in [1.29, 1.82) is 0 Å². The largest absolute Gasteiger partial charge is 0.383 e. The summed E-state index contributed by atoms with van der Waals surface area (Å²) in [6.07, 6.45) is 3.36. The molecule has 0 bridgehead atoms. The molecule has 17 heavy (non-hydrogen) atoms. The van der Waals surface area contributed by atoms with Crippen molar-refractivity contribution >= 4 is 27.5 Å². The van der Waals surface area contributed by atoms with Crippen LogP contribution in [0, 0.1) is 0 Å². The molecular weight excluding hydrogens is 302 g/mol. The van der Waals surface area contributed by atoms with Crippen LogP contribution in [0.15, 0.2) is 22.7 Å². The highest BCUT2D eigenvalue weighted by molar-refractivity contribution is 9.10. The van der Waals surface area contributed by atoms with E-state index in [4.69, 9.17) is 16.3 Å². The maximum absolute atomic E-state index is 6.15. The molecule has 0 aliphatic carbocycles. The van der Waals surface area contributed by atoms with Gasteiger partial charge in [-0.05, 0) is 43.5 Å². The SMILES string of the molecule is COCCNCCCCc1ccc(Br)cc1Cl. The van der Waals surface area contributed by atoms with Gasteiger partial charge < -0.3 is 10.1 Å². The van der Waals surface area contributed by atoms with Gasteiger partial charge in [0.2, 0.25) is 0 Å². The minimum atomic E-state index is 0.776. The van der Waals surface area contributed by atoms with Gasteiger partial charge >= 0.3 is 0 Å². The highest BCUT2D eigenvalue weighted by Crippen LogP contribution is 2.22. The normalized spacial score (nSPS) is 10.8. The quantitative estimate of drug-likeness (QED) is 0.738. The highest BCUT2D eigenvalue weighted by Gasteiger charge is 2.00. The summed E-state index contributed by atoms with van der Waals surface area (Å²) in [6, 6.07) is 6.08. The summed E-state index contributed by atoms with van der Waals surface area (Å²) >= 11 is 9.56. The van der Waals surface area contributed by atoms with Crippen LogP contribution in [-0.2, 0) is 11.2 Å². The molecule has 2 nitrogen and oxygen atoms in total. The first-order chi connectivity index (χ1) is 8.24. The van der Waals surface area contributed by atoms with Crippen LogP contribution in [0.3, 0.4) is 0 Å². The Hall–Kier alpha value is -0.0900. The molecule has 0 aliphatic heterocycles. The van der Waals surface area contributed by atoms with Gasteiger partial charge in [-0.1, -0.05) is 33.6 Å². The van der Waals surface area contributed by atoms with Crippen LogP contribution in [0.5, 0.6) is 0 Å². The van der Waals surface area contributed by atoms with Crippen molar-refractivity contribution in [3.8, 4) is 0 Å². The molecule has 0 atom stereocenters. The number of unbranched alkanes of at least 4 members (excludes halogenated alkanes) is 1. The molecule has 0 heterocycles. The molecule has 1 N–H and O–H groups in total. The predicted molar refractivity (Wildman–Crippen MR) is 76.8 cm³/mol. The van der Waals surface area contributed by atoms with E-state index in [9.17, 15) is 0 Å². The van der Waals surface area contributed by atoms with Gasteiger partial charge in [0, 0.05) is 23.1 Å². The molecule has 0 radical (unpaired) electrons. The molecule has 4 heteroatoms. The molecule has 1 aromatic rings. The van der Waals surface area contributed by atoms with Crippen LogP contribution in [-0.4, -0.2) is 26.8 Å².